The Hall–Kier alpha value is -0.660. The summed E-state index contributed by atoms with van der Waals surface area (Å²) in [5.74, 6) is 1.05. The van der Waals surface area contributed by atoms with Gasteiger partial charge in [0.25, 0.3) is 0 Å². The van der Waals surface area contributed by atoms with Gasteiger partial charge >= 0.3 is 0 Å². The first-order valence-electron chi connectivity index (χ1n) is 4.94. The van der Waals surface area contributed by atoms with Crippen LogP contribution < -0.4 is 0 Å². The van der Waals surface area contributed by atoms with Crippen molar-refractivity contribution in [2.75, 3.05) is 0 Å². The van der Waals surface area contributed by atoms with Gasteiger partial charge in [-0.05, 0) is 25.7 Å². The molecule has 0 aliphatic heterocycles. The van der Waals surface area contributed by atoms with E-state index in [4.69, 9.17) is 0 Å². The van der Waals surface area contributed by atoms with Crippen molar-refractivity contribution >= 4 is 11.6 Å². The predicted octanol–water partition coefficient (Wildman–Crippen LogP) is 2.36. The van der Waals surface area contributed by atoms with E-state index in [2.05, 4.69) is 0 Å². The highest BCUT2D eigenvalue weighted by Gasteiger charge is 2.38. The van der Waals surface area contributed by atoms with E-state index in [-0.39, 0.29) is 11.2 Å². The number of Topliss-reactive ketones (excluding diaryl/α,β-unsaturated/α-hetero) is 2. The molecule has 0 amide bonds. The minimum atomic E-state index is -0.137. The molecule has 1 aliphatic carbocycles. The van der Waals surface area contributed by atoms with Crippen molar-refractivity contribution in [3.05, 3.63) is 0 Å². The third-order valence-corrected chi connectivity index (χ3v) is 2.93. The Morgan fingerprint density at radius 2 is 2.15 bits per heavy atom. The van der Waals surface area contributed by atoms with Crippen LogP contribution in [0.1, 0.15) is 46.5 Å². The Bertz CT molecular complexity index is 228. The van der Waals surface area contributed by atoms with Crippen LogP contribution in [0.4, 0.5) is 0 Å². The number of hydrogen-bond acceptors (Lipinski definition) is 2. The van der Waals surface area contributed by atoms with Gasteiger partial charge in [0.1, 0.15) is 11.6 Å². The lowest BCUT2D eigenvalue weighted by Gasteiger charge is -2.14. The van der Waals surface area contributed by atoms with Crippen molar-refractivity contribution in [2.45, 2.75) is 46.5 Å². The first-order valence-corrected chi connectivity index (χ1v) is 4.94. The van der Waals surface area contributed by atoms with E-state index in [0.717, 1.165) is 12.8 Å². The summed E-state index contributed by atoms with van der Waals surface area (Å²) >= 11 is 0. The normalized spacial score (nSPS) is 26.4. The van der Waals surface area contributed by atoms with Crippen LogP contribution in [-0.2, 0) is 9.59 Å². The SMILES string of the molecule is CC(=O)CCC1CC(=O)C(C)(C)C1. The molecule has 0 aromatic rings. The average Bonchev–Trinajstić information content (AvgIpc) is 2.22. The molecule has 1 aliphatic rings. The van der Waals surface area contributed by atoms with E-state index in [1.165, 1.54) is 0 Å². The van der Waals surface area contributed by atoms with E-state index < -0.39 is 0 Å². The molecule has 1 saturated carbocycles. The molecule has 0 heterocycles. The van der Waals surface area contributed by atoms with Crippen molar-refractivity contribution in [2.24, 2.45) is 11.3 Å². The van der Waals surface area contributed by atoms with Crippen LogP contribution in [0, 0.1) is 11.3 Å². The fourth-order valence-corrected chi connectivity index (χ4v) is 2.06. The lowest BCUT2D eigenvalue weighted by molar-refractivity contribution is -0.124. The minimum absolute atomic E-state index is 0.137. The molecule has 2 heteroatoms. The third kappa shape index (κ3) is 2.64. The van der Waals surface area contributed by atoms with Crippen LogP contribution >= 0.6 is 0 Å². The quantitative estimate of drug-likeness (QED) is 0.671. The highest BCUT2D eigenvalue weighted by Crippen LogP contribution is 2.39. The number of carbonyl (C=O) groups excluding carboxylic acids is 2. The highest BCUT2D eigenvalue weighted by molar-refractivity contribution is 5.86. The molecule has 0 aromatic heterocycles. The van der Waals surface area contributed by atoms with E-state index in [1.807, 2.05) is 13.8 Å². The number of ketones is 2. The molecule has 1 rings (SSSR count). The first kappa shape index (κ1) is 10.4. The van der Waals surface area contributed by atoms with Crippen LogP contribution in [0.15, 0.2) is 0 Å². The molecule has 0 spiro atoms. The Kier molecular flexibility index (Phi) is 2.89. The van der Waals surface area contributed by atoms with Gasteiger partial charge in [-0.25, -0.2) is 0 Å². The second-order valence-corrected chi connectivity index (χ2v) is 4.82. The number of rotatable bonds is 3. The predicted molar refractivity (Wildman–Crippen MR) is 51.4 cm³/mol. The minimum Gasteiger partial charge on any atom is -0.300 e. The lowest BCUT2D eigenvalue weighted by Crippen LogP contribution is -2.15. The van der Waals surface area contributed by atoms with Gasteiger partial charge in [0, 0.05) is 18.3 Å². The molecule has 0 N–H and O–H groups in total. The molecule has 0 saturated heterocycles. The fraction of sp³-hybridized carbons (Fsp3) is 0.818. The molecule has 2 nitrogen and oxygen atoms in total. The van der Waals surface area contributed by atoms with Gasteiger partial charge in [0.2, 0.25) is 0 Å². The van der Waals surface area contributed by atoms with E-state index >= 15 is 0 Å². The Balaban J connectivity index is 2.41. The van der Waals surface area contributed by atoms with Crippen molar-refractivity contribution in [1.29, 1.82) is 0 Å². The van der Waals surface area contributed by atoms with Crippen molar-refractivity contribution < 1.29 is 9.59 Å². The maximum atomic E-state index is 11.5. The fourth-order valence-electron chi connectivity index (χ4n) is 2.06. The zero-order valence-corrected chi connectivity index (χ0v) is 8.72. The third-order valence-electron chi connectivity index (χ3n) is 2.93. The summed E-state index contributed by atoms with van der Waals surface area (Å²) in [6.45, 7) is 5.62. The Labute approximate surface area is 79.7 Å². The van der Waals surface area contributed by atoms with E-state index in [0.29, 0.717) is 24.5 Å². The summed E-state index contributed by atoms with van der Waals surface area (Å²) in [4.78, 5) is 22.2. The van der Waals surface area contributed by atoms with Gasteiger partial charge in [-0.3, -0.25) is 4.79 Å². The van der Waals surface area contributed by atoms with Crippen LogP contribution in [0.25, 0.3) is 0 Å². The molecule has 1 fully saturated rings. The summed E-state index contributed by atoms with van der Waals surface area (Å²) in [6.07, 6.45) is 3.16. The van der Waals surface area contributed by atoms with Crippen molar-refractivity contribution in [1.82, 2.24) is 0 Å². The van der Waals surface area contributed by atoms with Crippen LogP contribution in [0.3, 0.4) is 0 Å². The van der Waals surface area contributed by atoms with E-state index in [9.17, 15) is 9.59 Å². The maximum absolute atomic E-state index is 11.5. The van der Waals surface area contributed by atoms with Gasteiger partial charge in [-0.1, -0.05) is 13.8 Å². The smallest absolute Gasteiger partial charge is 0.138 e. The monoisotopic (exact) mass is 182 g/mol. The largest absolute Gasteiger partial charge is 0.300 e. The molecule has 74 valence electrons. The number of carbonyl (C=O) groups is 2. The van der Waals surface area contributed by atoms with Crippen LogP contribution in [0.5, 0.6) is 0 Å². The van der Waals surface area contributed by atoms with Gasteiger partial charge < -0.3 is 4.79 Å². The summed E-state index contributed by atoms with van der Waals surface area (Å²) in [7, 11) is 0. The van der Waals surface area contributed by atoms with Crippen LogP contribution in [0.2, 0.25) is 0 Å². The molecule has 1 atom stereocenters. The molecule has 0 radical (unpaired) electrons. The summed E-state index contributed by atoms with van der Waals surface area (Å²) in [6, 6.07) is 0. The van der Waals surface area contributed by atoms with Gasteiger partial charge in [0.15, 0.2) is 0 Å². The number of hydrogen-bond donors (Lipinski definition) is 0. The van der Waals surface area contributed by atoms with Crippen molar-refractivity contribution in [3.63, 3.8) is 0 Å². The topological polar surface area (TPSA) is 34.1 Å². The second kappa shape index (κ2) is 3.60. The molecule has 1 unspecified atom stereocenters. The molecule has 13 heavy (non-hydrogen) atoms. The molecular formula is C11H18O2. The zero-order chi connectivity index (χ0) is 10.1. The second-order valence-electron chi connectivity index (χ2n) is 4.82. The summed E-state index contributed by atoms with van der Waals surface area (Å²) in [5, 5.41) is 0. The van der Waals surface area contributed by atoms with Crippen LogP contribution in [-0.4, -0.2) is 11.6 Å². The standard InChI is InChI=1S/C11H18O2/c1-8(12)4-5-9-6-10(13)11(2,3)7-9/h9H,4-7H2,1-3H3. The zero-order valence-electron chi connectivity index (χ0n) is 8.72. The molecule has 0 aromatic carbocycles. The van der Waals surface area contributed by atoms with Gasteiger partial charge in [-0.15, -0.1) is 0 Å². The lowest BCUT2D eigenvalue weighted by atomic mass is 9.89. The Morgan fingerprint density at radius 3 is 2.54 bits per heavy atom. The van der Waals surface area contributed by atoms with Gasteiger partial charge in [0.05, 0.1) is 0 Å². The Morgan fingerprint density at radius 1 is 1.54 bits per heavy atom. The molecule has 0 bridgehead atoms. The first-order chi connectivity index (χ1) is 5.92. The summed E-state index contributed by atoms with van der Waals surface area (Å²) < 4.78 is 0. The highest BCUT2D eigenvalue weighted by atomic mass is 16.1. The average molecular weight is 182 g/mol. The molecular weight excluding hydrogens is 164 g/mol. The van der Waals surface area contributed by atoms with Crippen molar-refractivity contribution in [3.8, 4) is 0 Å². The maximum Gasteiger partial charge on any atom is 0.138 e. The summed E-state index contributed by atoms with van der Waals surface area (Å²) in [5.41, 5.74) is -0.137. The van der Waals surface area contributed by atoms with E-state index in [1.54, 1.807) is 6.92 Å². The van der Waals surface area contributed by atoms with Gasteiger partial charge in [-0.2, -0.15) is 0 Å².